The van der Waals surface area contributed by atoms with Crippen molar-refractivity contribution >= 4 is 15.7 Å². The summed E-state index contributed by atoms with van der Waals surface area (Å²) in [6, 6.07) is 10.6. The lowest BCUT2D eigenvalue weighted by molar-refractivity contribution is -0.385. The molecule has 0 spiro atoms. The first-order chi connectivity index (χ1) is 13.3. The molecule has 11 heteroatoms. The average Bonchev–Trinajstić information content (AvgIpc) is 3.16. The van der Waals surface area contributed by atoms with Crippen LogP contribution in [0.3, 0.4) is 0 Å². The number of sulfonamides is 1. The maximum atomic E-state index is 12.5. The van der Waals surface area contributed by atoms with Gasteiger partial charge in [-0.1, -0.05) is 23.4 Å². The molecule has 1 aromatic heterocycles. The van der Waals surface area contributed by atoms with Crippen molar-refractivity contribution in [3.8, 4) is 17.1 Å². The number of nitro benzene ring substituents is 1. The van der Waals surface area contributed by atoms with Gasteiger partial charge < -0.3 is 9.26 Å². The molecule has 10 nitrogen and oxygen atoms in total. The topological polar surface area (TPSA) is 137 Å². The number of benzene rings is 2. The summed E-state index contributed by atoms with van der Waals surface area (Å²) >= 11 is 0. The summed E-state index contributed by atoms with van der Waals surface area (Å²) < 4.78 is 37.6. The van der Waals surface area contributed by atoms with E-state index in [1.54, 1.807) is 31.2 Å². The van der Waals surface area contributed by atoms with Crippen molar-refractivity contribution in [1.82, 2.24) is 14.9 Å². The van der Waals surface area contributed by atoms with Gasteiger partial charge in [-0.2, -0.15) is 4.98 Å². The Hall–Kier alpha value is -3.31. The van der Waals surface area contributed by atoms with Crippen LogP contribution in [-0.4, -0.2) is 30.6 Å². The fraction of sp³-hybridized carbons (Fsp3) is 0.176. The predicted octanol–water partition coefficient (Wildman–Crippen LogP) is 2.44. The third-order valence-electron chi connectivity index (χ3n) is 3.88. The van der Waals surface area contributed by atoms with Crippen LogP contribution in [0.1, 0.15) is 11.5 Å². The minimum absolute atomic E-state index is 0.0458. The second-order valence-corrected chi connectivity index (χ2v) is 7.51. The maximum Gasteiger partial charge on any atom is 0.270 e. The van der Waals surface area contributed by atoms with Gasteiger partial charge in [0.2, 0.25) is 21.7 Å². The Bertz CT molecular complexity index is 1130. The number of nitrogens with one attached hydrogen (secondary N) is 1. The van der Waals surface area contributed by atoms with Gasteiger partial charge in [-0.3, -0.25) is 10.1 Å². The van der Waals surface area contributed by atoms with Crippen LogP contribution < -0.4 is 9.46 Å². The van der Waals surface area contributed by atoms with E-state index in [4.69, 9.17) is 9.26 Å². The fourth-order valence-electron chi connectivity index (χ4n) is 2.43. The highest BCUT2D eigenvalue weighted by Crippen LogP contribution is 2.23. The van der Waals surface area contributed by atoms with Gasteiger partial charge in [0, 0.05) is 17.7 Å². The summed E-state index contributed by atoms with van der Waals surface area (Å²) in [6.45, 7) is 1.29. The molecule has 0 unspecified atom stereocenters. The van der Waals surface area contributed by atoms with Gasteiger partial charge >= 0.3 is 0 Å². The van der Waals surface area contributed by atoms with Crippen molar-refractivity contribution in [3.05, 3.63) is 64.0 Å². The molecular weight excluding hydrogens is 388 g/mol. The normalized spacial score (nSPS) is 11.4. The van der Waals surface area contributed by atoms with Crippen molar-refractivity contribution in [2.75, 3.05) is 7.11 Å². The molecule has 0 aliphatic carbocycles. The first-order valence-corrected chi connectivity index (χ1v) is 9.50. The molecule has 0 atom stereocenters. The van der Waals surface area contributed by atoms with E-state index in [1.807, 2.05) is 0 Å². The number of aryl methyl sites for hydroxylation is 1. The molecule has 28 heavy (non-hydrogen) atoms. The minimum atomic E-state index is -4.01. The lowest BCUT2D eigenvalue weighted by atomic mass is 10.2. The molecular formula is C17H16N4O6S. The van der Waals surface area contributed by atoms with Crippen LogP contribution in [0.2, 0.25) is 0 Å². The zero-order chi connectivity index (χ0) is 20.3. The lowest BCUT2D eigenvalue weighted by Gasteiger charge is -2.07. The van der Waals surface area contributed by atoms with Gasteiger partial charge in [-0.05, 0) is 24.6 Å². The number of methoxy groups -OCH3 is 1. The van der Waals surface area contributed by atoms with Crippen molar-refractivity contribution in [2.45, 2.75) is 18.4 Å². The monoisotopic (exact) mass is 404 g/mol. The SMILES string of the molecule is COc1cccc(-c2noc(CNS(=O)(=O)c3cc([N+](=O)[O-])ccc3C)n2)c1. The standard InChI is InChI=1S/C17H16N4O6S/c1-11-6-7-13(21(22)23)9-15(11)28(24,25)18-10-16-19-17(20-27-16)12-4-3-5-14(8-12)26-2/h3-9,18H,10H2,1-2H3. The zero-order valence-corrected chi connectivity index (χ0v) is 15.8. The molecule has 1 N–H and O–H groups in total. The third-order valence-corrected chi connectivity index (χ3v) is 5.42. The summed E-state index contributed by atoms with van der Waals surface area (Å²) in [6.07, 6.45) is 0. The van der Waals surface area contributed by atoms with Gasteiger partial charge in [0.15, 0.2) is 0 Å². The van der Waals surface area contributed by atoms with E-state index in [2.05, 4.69) is 14.9 Å². The second-order valence-electron chi connectivity index (χ2n) is 5.78. The first kappa shape index (κ1) is 19.5. The molecule has 1 heterocycles. The highest BCUT2D eigenvalue weighted by Gasteiger charge is 2.21. The van der Waals surface area contributed by atoms with Crippen LogP contribution in [0.4, 0.5) is 5.69 Å². The highest BCUT2D eigenvalue weighted by molar-refractivity contribution is 7.89. The van der Waals surface area contributed by atoms with E-state index < -0.39 is 14.9 Å². The molecule has 146 valence electrons. The van der Waals surface area contributed by atoms with Crippen LogP contribution in [0, 0.1) is 17.0 Å². The van der Waals surface area contributed by atoms with E-state index in [0.29, 0.717) is 16.9 Å². The summed E-state index contributed by atoms with van der Waals surface area (Å²) in [5.74, 6) is 0.940. The van der Waals surface area contributed by atoms with Crippen molar-refractivity contribution < 1.29 is 22.6 Å². The third kappa shape index (κ3) is 4.15. The molecule has 3 aromatic rings. The Balaban J connectivity index is 1.78. The van der Waals surface area contributed by atoms with Crippen LogP contribution in [0.25, 0.3) is 11.4 Å². The predicted molar refractivity (Wildman–Crippen MR) is 98.1 cm³/mol. The molecule has 0 fully saturated rings. The number of hydrogen-bond acceptors (Lipinski definition) is 8. The molecule has 0 saturated heterocycles. The van der Waals surface area contributed by atoms with E-state index in [1.165, 1.54) is 19.2 Å². The highest BCUT2D eigenvalue weighted by atomic mass is 32.2. The largest absolute Gasteiger partial charge is 0.497 e. The second kappa shape index (κ2) is 7.74. The molecule has 0 bridgehead atoms. The summed E-state index contributed by atoms with van der Waals surface area (Å²) in [7, 11) is -2.48. The number of nitro groups is 1. The first-order valence-electron chi connectivity index (χ1n) is 8.02. The van der Waals surface area contributed by atoms with Crippen LogP contribution in [-0.2, 0) is 16.6 Å². The smallest absolute Gasteiger partial charge is 0.270 e. The average molecular weight is 404 g/mol. The summed E-state index contributed by atoms with van der Waals surface area (Å²) in [5, 5.41) is 14.7. The van der Waals surface area contributed by atoms with Crippen LogP contribution in [0.15, 0.2) is 51.9 Å². The van der Waals surface area contributed by atoms with E-state index in [0.717, 1.165) is 6.07 Å². The fourth-order valence-corrected chi connectivity index (χ4v) is 3.67. The van der Waals surface area contributed by atoms with Crippen LogP contribution in [0.5, 0.6) is 5.75 Å². The maximum absolute atomic E-state index is 12.5. The number of ether oxygens (including phenoxy) is 1. The van der Waals surface area contributed by atoms with E-state index >= 15 is 0 Å². The van der Waals surface area contributed by atoms with E-state index in [9.17, 15) is 18.5 Å². The van der Waals surface area contributed by atoms with Gasteiger partial charge in [0.1, 0.15) is 5.75 Å². The molecule has 0 saturated carbocycles. The Kier molecular flexibility index (Phi) is 5.38. The minimum Gasteiger partial charge on any atom is -0.497 e. The molecule has 2 aromatic carbocycles. The van der Waals surface area contributed by atoms with E-state index in [-0.39, 0.29) is 28.8 Å². The van der Waals surface area contributed by atoms with Gasteiger partial charge in [0.25, 0.3) is 5.69 Å². The van der Waals surface area contributed by atoms with Crippen molar-refractivity contribution in [2.24, 2.45) is 0 Å². The number of non-ortho nitro benzene ring substituents is 1. The molecule has 0 amide bonds. The number of nitrogens with zero attached hydrogens (tertiary/aromatic N) is 3. The Labute approximate surface area is 160 Å². The quantitative estimate of drug-likeness (QED) is 0.468. The zero-order valence-electron chi connectivity index (χ0n) is 14.9. The van der Waals surface area contributed by atoms with Gasteiger partial charge in [-0.25, -0.2) is 13.1 Å². The Morgan fingerprint density at radius 1 is 1.25 bits per heavy atom. The number of hydrogen-bond donors (Lipinski definition) is 1. The van der Waals surface area contributed by atoms with Crippen LogP contribution >= 0.6 is 0 Å². The summed E-state index contributed by atoms with van der Waals surface area (Å²) in [5.41, 5.74) is 0.705. The Morgan fingerprint density at radius 2 is 2.04 bits per heavy atom. The van der Waals surface area contributed by atoms with Gasteiger partial charge in [0.05, 0.1) is 23.5 Å². The molecule has 3 rings (SSSR count). The Morgan fingerprint density at radius 3 is 2.75 bits per heavy atom. The van der Waals surface area contributed by atoms with Crippen molar-refractivity contribution in [1.29, 1.82) is 0 Å². The molecule has 0 radical (unpaired) electrons. The number of aromatic nitrogens is 2. The van der Waals surface area contributed by atoms with Gasteiger partial charge in [-0.15, -0.1) is 0 Å². The van der Waals surface area contributed by atoms with Crippen molar-refractivity contribution in [3.63, 3.8) is 0 Å². The summed E-state index contributed by atoms with van der Waals surface area (Å²) in [4.78, 5) is 14.2. The molecule has 0 aliphatic heterocycles. The lowest BCUT2D eigenvalue weighted by Crippen LogP contribution is -2.24. The number of rotatable bonds is 7. The molecule has 0 aliphatic rings.